The molecule has 2 aliphatic heterocycles. The Balaban J connectivity index is 1.43. The van der Waals surface area contributed by atoms with Crippen LogP contribution in [0.3, 0.4) is 0 Å². The van der Waals surface area contributed by atoms with Gasteiger partial charge in [0, 0.05) is 34.4 Å². The highest BCUT2D eigenvalue weighted by molar-refractivity contribution is 9.10. The number of anilines is 2. The van der Waals surface area contributed by atoms with Crippen LogP contribution in [0.4, 0.5) is 16.2 Å². The zero-order chi connectivity index (χ0) is 22.2. The molecule has 160 valence electrons. The molecular weight excluding hydrogens is 464 g/mol. The monoisotopic (exact) mass is 484 g/mol. The van der Waals surface area contributed by atoms with Gasteiger partial charge >= 0.3 is 6.03 Å². The number of amides is 5. The molecule has 0 aromatic heterocycles. The van der Waals surface area contributed by atoms with Gasteiger partial charge in [0.25, 0.3) is 5.91 Å². The number of hydrogen-bond donors (Lipinski definition) is 2. The summed E-state index contributed by atoms with van der Waals surface area (Å²) in [6.07, 6.45) is 1.38. The van der Waals surface area contributed by atoms with Crippen molar-refractivity contribution in [3.05, 3.63) is 58.6 Å². The molecule has 2 saturated heterocycles. The van der Waals surface area contributed by atoms with Crippen LogP contribution in [0.1, 0.15) is 25.3 Å². The van der Waals surface area contributed by atoms with E-state index in [4.69, 9.17) is 0 Å². The van der Waals surface area contributed by atoms with Crippen molar-refractivity contribution in [2.24, 2.45) is 0 Å². The number of benzene rings is 2. The van der Waals surface area contributed by atoms with E-state index in [1.54, 1.807) is 54.3 Å². The molecule has 8 nitrogen and oxygen atoms in total. The zero-order valence-corrected chi connectivity index (χ0v) is 18.4. The van der Waals surface area contributed by atoms with Crippen LogP contribution in [0.25, 0.3) is 0 Å². The highest BCUT2D eigenvalue weighted by Crippen LogP contribution is 2.33. The number of nitrogens with one attached hydrogen (secondary N) is 2. The summed E-state index contributed by atoms with van der Waals surface area (Å²) in [6.45, 7) is 1.90. The van der Waals surface area contributed by atoms with E-state index in [1.165, 1.54) is 0 Å². The summed E-state index contributed by atoms with van der Waals surface area (Å²) in [7, 11) is 0. The quantitative estimate of drug-likeness (QED) is 0.637. The second-order valence-electron chi connectivity index (χ2n) is 7.67. The molecule has 0 bridgehead atoms. The highest BCUT2D eigenvalue weighted by Gasteiger charge is 2.50. The first-order valence-corrected chi connectivity index (χ1v) is 10.7. The molecule has 2 aliphatic rings. The van der Waals surface area contributed by atoms with Crippen LogP contribution in [0.5, 0.6) is 0 Å². The number of rotatable bonds is 5. The summed E-state index contributed by atoms with van der Waals surface area (Å²) in [5, 5.41) is 5.38. The third kappa shape index (κ3) is 3.93. The molecule has 2 aromatic rings. The number of halogens is 1. The normalized spacial score (nSPS) is 20.9. The highest BCUT2D eigenvalue weighted by atomic mass is 79.9. The predicted octanol–water partition coefficient (Wildman–Crippen LogP) is 2.98. The molecule has 31 heavy (non-hydrogen) atoms. The van der Waals surface area contributed by atoms with Crippen molar-refractivity contribution in [3.8, 4) is 0 Å². The van der Waals surface area contributed by atoms with Gasteiger partial charge in [0.15, 0.2) is 0 Å². The maximum absolute atomic E-state index is 13.0. The summed E-state index contributed by atoms with van der Waals surface area (Å²) in [4.78, 5) is 52.4. The molecular formula is C22H21BrN4O4. The van der Waals surface area contributed by atoms with Crippen molar-refractivity contribution in [1.29, 1.82) is 0 Å². The summed E-state index contributed by atoms with van der Waals surface area (Å²) in [5.74, 6) is -0.907. The first-order valence-electron chi connectivity index (χ1n) is 9.89. The van der Waals surface area contributed by atoms with Crippen molar-refractivity contribution in [1.82, 2.24) is 10.2 Å². The van der Waals surface area contributed by atoms with Gasteiger partial charge in [-0.25, -0.2) is 4.79 Å². The summed E-state index contributed by atoms with van der Waals surface area (Å²) in [6, 6.07) is 13.4. The van der Waals surface area contributed by atoms with E-state index >= 15 is 0 Å². The molecule has 0 radical (unpaired) electrons. The zero-order valence-electron chi connectivity index (χ0n) is 16.9. The van der Waals surface area contributed by atoms with E-state index in [1.807, 2.05) is 6.07 Å². The summed E-state index contributed by atoms with van der Waals surface area (Å²) >= 11 is 3.41. The van der Waals surface area contributed by atoms with Crippen LogP contribution in [0.2, 0.25) is 0 Å². The van der Waals surface area contributed by atoms with E-state index < -0.39 is 29.9 Å². The number of nitrogens with zero attached hydrogens (tertiary/aromatic N) is 2. The lowest BCUT2D eigenvalue weighted by atomic mass is 9.92. The van der Waals surface area contributed by atoms with Crippen LogP contribution in [-0.4, -0.2) is 41.7 Å². The topological polar surface area (TPSA) is 98.8 Å². The van der Waals surface area contributed by atoms with Gasteiger partial charge in [-0.2, -0.15) is 0 Å². The Morgan fingerprint density at radius 3 is 2.48 bits per heavy atom. The van der Waals surface area contributed by atoms with Gasteiger partial charge in [-0.3, -0.25) is 19.3 Å². The van der Waals surface area contributed by atoms with Crippen LogP contribution < -0.4 is 15.5 Å². The van der Waals surface area contributed by atoms with Crippen molar-refractivity contribution in [3.63, 3.8) is 0 Å². The van der Waals surface area contributed by atoms with E-state index in [2.05, 4.69) is 26.6 Å². The van der Waals surface area contributed by atoms with Crippen LogP contribution in [0, 0.1) is 0 Å². The number of carbonyl (C=O) groups excluding carboxylic acids is 4. The average Bonchev–Trinajstić information content (AvgIpc) is 3.26. The fourth-order valence-corrected chi connectivity index (χ4v) is 4.56. The van der Waals surface area contributed by atoms with Gasteiger partial charge in [0.05, 0.1) is 0 Å². The average molecular weight is 485 g/mol. The molecule has 2 aromatic carbocycles. The number of imide groups is 1. The second-order valence-corrected chi connectivity index (χ2v) is 8.52. The molecule has 0 saturated carbocycles. The molecule has 4 rings (SSSR count). The fourth-order valence-electron chi connectivity index (χ4n) is 3.88. The Morgan fingerprint density at radius 2 is 1.84 bits per heavy atom. The van der Waals surface area contributed by atoms with Gasteiger partial charge in [-0.15, -0.1) is 0 Å². The van der Waals surface area contributed by atoms with Crippen molar-refractivity contribution < 1.29 is 19.2 Å². The number of carbonyl (C=O) groups is 4. The first-order chi connectivity index (χ1) is 14.8. The van der Waals surface area contributed by atoms with Crippen LogP contribution in [0.15, 0.2) is 53.0 Å². The Kier molecular flexibility index (Phi) is 5.53. The SMILES string of the molecule is C[C@@]1(c2ccccc2Br)NC(=O)N(CC(=O)Nc2ccc(N3CCCC3=O)cc2)C1=O. The lowest BCUT2D eigenvalue weighted by molar-refractivity contribution is -0.133. The molecule has 2 N–H and O–H groups in total. The van der Waals surface area contributed by atoms with Gasteiger partial charge in [0.1, 0.15) is 12.1 Å². The predicted molar refractivity (Wildman–Crippen MR) is 118 cm³/mol. The molecule has 0 spiro atoms. The van der Waals surface area contributed by atoms with Crippen LogP contribution in [-0.2, 0) is 19.9 Å². The lowest BCUT2D eigenvalue weighted by Crippen LogP contribution is -2.42. The third-order valence-corrected chi connectivity index (χ3v) is 6.22. The molecule has 2 fully saturated rings. The minimum absolute atomic E-state index is 0.0865. The Bertz CT molecular complexity index is 1070. The summed E-state index contributed by atoms with van der Waals surface area (Å²) in [5.41, 5.74) is 0.643. The van der Waals surface area contributed by atoms with Crippen LogP contribution >= 0.6 is 15.9 Å². The smallest absolute Gasteiger partial charge is 0.325 e. The van der Waals surface area contributed by atoms with E-state index in [9.17, 15) is 19.2 Å². The van der Waals surface area contributed by atoms with E-state index in [0.29, 0.717) is 28.7 Å². The van der Waals surface area contributed by atoms with Gasteiger partial charge < -0.3 is 15.5 Å². The van der Waals surface area contributed by atoms with Gasteiger partial charge in [0.2, 0.25) is 11.8 Å². The molecule has 2 heterocycles. The Labute approximate surface area is 187 Å². The first kappa shape index (κ1) is 21.0. The molecule has 0 unspecified atom stereocenters. The second kappa shape index (κ2) is 8.14. The van der Waals surface area contributed by atoms with Gasteiger partial charge in [-0.1, -0.05) is 34.1 Å². The Hall–Kier alpha value is -3.20. The van der Waals surface area contributed by atoms with Gasteiger partial charge in [-0.05, 0) is 43.7 Å². The molecule has 0 aliphatic carbocycles. The van der Waals surface area contributed by atoms with Crippen molar-refractivity contribution in [2.45, 2.75) is 25.3 Å². The minimum atomic E-state index is -1.26. The lowest BCUT2D eigenvalue weighted by Gasteiger charge is -2.23. The minimum Gasteiger partial charge on any atom is -0.325 e. The molecule has 1 atom stereocenters. The maximum atomic E-state index is 13.0. The summed E-state index contributed by atoms with van der Waals surface area (Å²) < 4.78 is 0.689. The number of hydrogen-bond acceptors (Lipinski definition) is 4. The van der Waals surface area contributed by atoms with Crippen molar-refractivity contribution in [2.75, 3.05) is 23.3 Å². The molecule has 5 amide bonds. The maximum Gasteiger partial charge on any atom is 0.325 e. The number of urea groups is 1. The third-order valence-electron chi connectivity index (χ3n) is 5.53. The van der Waals surface area contributed by atoms with Crippen molar-refractivity contribution >= 4 is 51.1 Å². The van der Waals surface area contributed by atoms with E-state index in [0.717, 1.165) is 17.0 Å². The Morgan fingerprint density at radius 1 is 1.13 bits per heavy atom. The largest absolute Gasteiger partial charge is 0.325 e. The van der Waals surface area contributed by atoms with E-state index in [-0.39, 0.29) is 5.91 Å². The fraction of sp³-hybridized carbons (Fsp3) is 0.273. The molecule has 9 heteroatoms. The standard InChI is InChI=1S/C22H21BrN4O4/c1-22(16-5-2-3-6-17(16)23)20(30)27(21(31)25-22)13-18(28)24-14-8-10-15(11-9-14)26-12-4-7-19(26)29/h2-3,5-6,8-11H,4,7,12-13H2,1H3,(H,24,28)(H,25,31)/t22-/m0/s1.